The van der Waals surface area contributed by atoms with E-state index in [-0.39, 0.29) is 24.4 Å². The number of likely N-dealkylation sites (tertiary alicyclic amines) is 1. The average molecular weight is 303 g/mol. The van der Waals surface area contributed by atoms with Crippen LogP contribution in [0.15, 0.2) is 24.3 Å². The molecule has 1 aromatic carbocycles. The number of carbonyl (C=O) groups excluding carboxylic acids is 1. The van der Waals surface area contributed by atoms with Crippen molar-refractivity contribution in [2.45, 2.75) is 13.3 Å². The van der Waals surface area contributed by atoms with Gasteiger partial charge in [0.25, 0.3) is 0 Å². The largest absolute Gasteiger partial charge is 0.573 e. The molecule has 0 saturated carbocycles. The number of ether oxygens (including phenoxy) is 1. The third-order valence-corrected chi connectivity index (χ3v) is 3.25. The third-order valence-electron chi connectivity index (χ3n) is 3.25. The molecule has 1 amide bonds. The minimum absolute atomic E-state index is 0.0714. The van der Waals surface area contributed by atoms with Crippen molar-refractivity contribution in [2.75, 3.05) is 13.1 Å². The number of hydrogen-bond acceptors (Lipinski definition) is 3. The molecule has 5 nitrogen and oxygen atoms in total. The van der Waals surface area contributed by atoms with Gasteiger partial charge in [-0.05, 0) is 31.2 Å². The Morgan fingerprint density at radius 1 is 1.24 bits per heavy atom. The number of ketones is 1. The van der Waals surface area contributed by atoms with E-state index in [0.29, 0.717) is 0 Å². The fraction of sp³-hybridized carbons (Fsp3) is 0.385. The number of carbonyl (C=O) groups is 2. The van der Waals surface area contributed by atoms with Gasteiger partial charge in [0.05, 0.1) is 5.41 Å². The first-order valence-corrected chi connectivity index (χ1v) is 5.99. The first kappa shape index (κ1) is 15.1. The SMILES string of the molecule is CC1(C(=O)c2ccc(OC(F)(F)F)cc2)CN(C(=O)O)C1. The van der Waals surface area contributed by atoms with Gasteiger partial charge in [-0.1, -0.05) is 0 Å². The van der Waals surface area contributed by atoms with Gasteiger partial charge in [-0.3, -0.25) is 4.79 Å². The molecule has 0 unspecified atom stereocenters. The maximum atomic E-state index is 12.2. The molecule has 0 spiro atoms. The van der Waals surface area contributed by atoms with Crippen LogP contribution in [0, 0.1) is 5.41 Å². The fourth-order valence-electron chi connectivity index (χ4n) is 2.23. The lowest BCUT2D eigenvalue weighted by atomic mass is 9.76. The number of amides is 1. The molecular weight excluding hydrogens is 291 g/mol. The van der Waals surface area contributed by atoms with Crippen LogP contribution in [-0.4, -0.2) is 41.3 Å². The van der Waals surface area contributed by atoms with Gasteiger partial charge in [-0.15, -0.1) is 13.2 Å². The van der Waals surface area contributed by atoms with Gasteiger partial charge < -0.3 is 14.7 Å². The van der Waals surface area contributed by atoms with Crippen molar-refractivity contribution in [1.82, 2.24) is 4.90 Å². The van der Waals surface area contributed by atoms with E-state index >= 15 is 0 Å². The topological polar surface area (TPSA) is 66.8 Å². The van der Waals surface area contributed by atoms with E-state index in [2.05, 4.69) is 4.74 Å². The van der Waals surface area contributed by atoms with Crippen molar-refractivity contribution in [3.8, 4) is 5.75 Å². The normalized spacial score (nSPS) is 17.0. The second kappa shape index (κ2) is 4.94. The lowest BCUT2D eigenvalue weighted by molar-refractivity contribution is -0.274. The molecule has 0 aliphatic carbocycles. The van der Waals surface area contributed by atoms with Crippen molar-refractivity contribution in [3.63, 3.8) is 0 Å². The minimum atomic E-state index is -4.78. The minimum Gasteiger partial charge on any atom is -0.465 e. The Kier molecular flexibility index (Phi) is 3.56. The molecule has 1 N–H and O–H groups in total. The Balaban J connectivity index is 2.06. The highest BCUT2D eigenvalue weighted by Gasteiger charge is 2.47. The molecule has 0 atom stereocenters. The molecule has 1 aliphatic heterocycles. The van der Waals surface area contributed by atoms with Crippen LogP contribution >= 0.6 is 0 Å². The van der Waals surface area contributed by atoms with Crippen LogP contribution in [0.2, 0.25) is 0 Å². The molecule has 0 bridgehead atoms. The van der Waals surface area contributed by atoms with Crippen LogP contribution in [0.4, 0.5) is 18.0 Å². The summed E-state index contributed by atoms with van der Waals surface area (Å²) < 4.78 is 39.8. The highest BCUT2D eigenvalue weighted by Crippen LogP contribution is 2.34. The summed E-state index contributed by atoms with van der Waals surface area (Å²) in [6, 6.07) is 4.57. The summed E-state index contributed by atoms with van der Waals surface area (Å²) in [6.45, 7) is 1.76. The predicted octanol–water partition coefficient (Wildman–Crippen LogP) is 2.77. The van der Waals surface area contributed by atoms with Crippen LogP contribution in [0.1, 0.15) is 17.3 Å². The summed E-state index contributed by atoms with van der Waals surface area (Å²) in [5.41, 5.74) is -0.623. The van der Waals surface area contributed by atoms with Crippen molar-refractivity contribution in [1.29, 1.82) is 0 Å². The summed E-state index contributed by atoms with van der Waals surface area (Å²) >= 11 is 0. The Labute approximate surface area is 117 Å². The number of benzene rings is 1. The molecular formula is C13H12F3NO4. The first-order valence-electron chi connectivity index (χ1n) is 5.99. The first-order chi connectivity index (χ1) is 9.61. The zero-order chi connectivity index (χ0) is 15.8. The molecule has 0 aromatic heterocycles. The standard InChI is InChI=1S/C13H12F3NO4/c1-12(6-17(7-12)11(19)20)10(18)8-2-4-9(5-3-8)21-13(14,15)16/h2-5H,6-7H2,1H3,(H,19,20). The van der Waals surface area contributed by atoms with E-state index in [9.17, 15) is 22.8 Å². The van der Waals surface area contributed by atoms with Crippen LogP contribution in [0.3, 0.4) is 0 Å². The molecule has 1 saturated heterocycles. The number of Topliss-reactive ketones (excluding diaryl/α,β-unsaturated/α-hetero) is 1. The third kappa shape index (κ3) is 3.26. The Hall–Kier alpha value is -2.25. The Bertz CT molecular complexity index is 562. The zero-order valence-electron chi connectivity index (χ0n) is 11.0. The van der Waals surface area contributed by atoms with Gasteiger partial charge in [0.1, 0.15) is 5.75 Å². The highest BCUT2D eigenvalue weighted by molar-refractivity contribution is 6.02. The van der Waals surface area contributed by atoms with Gasteiger partial charge >= 0.3 is 12.5 Å². The summed E-state index contributed by atoms with van der Waals surface area (Å²) in [5.74, 6) is -0.719. The van der Waals surface area contributed by atoms with Crippen molar-refractivity contribution >= 4 is 11.9 Å². The van der Waals surface area contributed by atoms with Gasteiger partial charge in [0.15, 0.2) is 5.78 Å². The molecule has 1 fully saturated rings. The monoisotopic (exact) mass is 303 g/mol. The molecule has 8 heteroatoms. The summed E-state index contributed by atoms with van der Waals surface area (Å²) in [5, 5.41) is 8.75. The number of nitrogens with zero attached hydrogens (tertiary/aromatic N) is 1. The van der Waals surface area contributed by atoms with Gasteiger partial charge in [0.2, 0.25) is 0 Å². The smallest absolute Gasteiger partial charge is 0.465 e. The van der Waals surface area contributed by atoms with E-state index in [1.54, 1.807) is 6.92 Å². The van der Waals surface area contributed by atoms with Crippen LogP contribution in [0.5, 0.6) is 5.75 Å². The lowest BCUT2D eigenvalue weighted by Gasteiger charge is -2.45. The molecule has 1 aromatic rings. The van der Waals surface area contributed by atoms with Gasteiger partial charge in [-0.2, -0.15) is 0 Å². The second-order valence-corrected chi connectivity index (χ2v) is 5.10. The summed E-state index contributed by atoms with van der Waals surface area (Å²) in [7, 11) is 0. The highest BCUT2D eigenvalue weighted by atomic mass is 19.4. The fourth-order valence-corrected chi connectivity index (χ4v) is 2.23. The predicted molar refractivity (Wildman–Crippen MR) is 65.2 cm³/mol. The number of alkyl halides is 3. The summed E-state index contributed by atoms with van der Waals surface area (Å²) in [6.07, 6.45) is -5.89. The molecule has 114 valence electrons. The average Bonchev–Trinajstić information content (AvgIpc) is 2.33. The Morgan fingerprint density at radius 3 is 2.19 bits per heavy atom. The van der Waals surface area contributed by atoms with E-state index in [0.717, 1.165) is 17.0 Å². The van der Waals surface area contributed by atoms with E-state index in [1.165, 1.54) is 12.1 Å². The molecule has 1 heterocycles. The quantitative estimate of drug-likeness (QED) is 0.872. The van der Waals surface area contributed by atoms with E-state index in [1.807, 2.05) is 0 Å². The number of carboxylic acid groups (broad SMARTS) is 1. The van der Waals surface area contributed by atoms with Crippen molar-refractivity contribution < 1.29 is 32.6 Å². The number of hydrogen-bond donors (Lipinski definition) is 1. The van der Waals surface area contributed by atoms with Gasteiger partial charge in [0, 0.05) is 18.7 Å². The zero-order valence-corrected chi connectivity index (χ0v) is 11.0. The van der Waals surface area contributed by atoms with Crippen molar-refractivity contribution in [2.24, 2.45) is 5.41 Å². The summed E-state index contributed by atoms with van der Waals surface area (Å²) in [4.78, 5) is 24.0. The van der Waals surface area contributed by atoms with E-state index < -0.39 is 23.6 Å². The van der Waals surface area contributed by atoms with Crippen LogP contribution in [-0.2, 0) is 0 Å². The Morgan fingerprint density at radius 2 is 1.76 bits per heavy atom. The van der Waals surface area contributed by atoms with E-state index in [4.69, 9.17) is 5.11 Å². The van der Waals surface area contributed by atoms with Gasteiger partial charge in [-0.25, -0.2) is 4.79 Å². The maximum Gasteiger partial charge on any atom is 0.573 e. The number of halogens is 3. The lowest BCUT2D eigenvalue weighted by Crippen LogP contribution is -2.60. The second-order valence-electron chi connectivity index (χ2n) is 5.10. The van der Waals surface area contributed by atoms with Crippen molar-refractivity contribution in [3.05, 3.63) is 29.8 Å². The molecule has 21 heavy (non-hydrogen) atoms. The number of rotatable bonds is 3. The molecule has 0 radical (unpaired) electrons. The maximum absolute atomic E-state index is 12.2. The molecule has 1 aliphatic rings. The van der Waals surface area contributed by atoms with Crippen LogP contribution < -0.4 is 4.74 Å². The molecule has 2 rings (SSSR count). The van der Waals surface area contributed by atoms with Crippen LogP contribution in [0.25, 0.3) is 0 Å².